The van der Waals surface area contributed by atoms with Gasteiger partial charge in [0, 0.05) is 61.0 Å². The fourth-order valence-electron chi connectivity index (χ4n) is 9.73. The standard InChI is InChI=1S/C45H47FN4O4/c1-29-4-19-41(43(52)47-29)50-24-33-22-35(12-17-40(33)44(50)53)49-27-45(28-49)25-48(26-45)20-2-3-21-54-37-14-7-31(8-15-37)42-38(30-5-10-34(46)11-6-30)16-9-32-23-36(51)13-18-39(32)42/h5-8,10-15,17-18,22-23,38,41-42,51H,1-4,9,16,19-21,24-28H2,(H,47,52)/t38-,41?,42+/m0/s1. The first-order valence-electron chi connectivity index (χ1n) is 19.4. The van der Waals surface area contributed by atoms with Crippen LogP contribution >= 0.6 is 0 Å². The van der Waals surface area contributed by atoms with Crippen molar-refractivity contribution in [3.8, 4) is 11.5 Å². The SMILES string of the molecule is C=C1CCC(N2Cc3cc(N4CC5(CN(CCCCOc6ccc([C@H]7c8ccc(O)cc8CC[C@H]7c7ccc(F)cc7)cc6)C5)C4)ccc3C2=O)C(=O)N1. The van der Waals surface area contributed by atoms with Crippen LogP contribution < -0.4 is 15.0 Å². The van der Waals surface area contributed by atoms with Crippen molar-refractivity contribution in [2.75, 3.05) is 44.2 Å². The van der Waals surface area contributed by atoms with Crippen LogP contribution in [0.5, 0.6) is 11.5 Å². The van der Waals surface area contributed by atoms with Gasteiger partial charge >= 0.3 is 0 Å². The minimum absolute atomic E-state index is 0.0517. The van der Waals surface area contributed by atoms with E-state index in [0.29, 0.717) is 42.7 Å². The molecule has 54 heavy (non-hydrogen) atoms. The number of anilines is 1. The highest BCUT2D eigenvalue weighted by Crippen LogP contribution is 2.47. The first-order chi connectivity index (χ1) is 26.2. The summed E-state index contributed by atoms with van der Waals surface area (Å²) in [6, 6.07) is 26.8. The van der Waals surface area contributed by atoms with E-state index < -0.39 is 6.04 Å². The Morgan fingerprint density at radius 2 is 1.63 bits per heavy atom. The normalized spacial score (nSPS) is 23.1. The molecule has 4 aromatic rings. The highest BCUT2D eigenvalue weighted by molar-refractivity contribution is 6.01. The van der Waals surface area contributed by atoms with Crippen LogP contribution in [0, 0.1) is 11.2 Å². The van der Waals surface area contributed by atoms with E-state index >= 15 is 0 Å². The van der Waals surface area contributed by atoms with Crippen LogP contribution in [0.2, 0.25) is 0 Å². The smallest absolute Gasteiger partial charge is 0.255 e. The minimum Gasteiger partial charge on any atom is -0.508 e. The Hall–Kier alpha value is -5.15. The summed E-state index contributed by atoms with van der Waals surface area (Å²) in [6.45, 7) is 10.4. The highest BCUT2D eigenvalue weighted by Gasteiger charge is 2.51. The monoisotopic (exact) mass is 726 g/mol. The molecule has 2 amide bonds. The minimum atomic E-state index is -0.432. The van der Waals surface area contributed by atoms with Gasteiger partial charge in [-0.05, 0) is 133 Å². The zero-order valence-electron chi connectivity index (χ0n) is 30.6. The number of aromatic hydroxyl groups is 1. The quantitative estimate of drug-likeness (QED) is 0.170. The molecule has 278 valence electrons. The Kier molecular flexibility index (Phi) is 8.92. The van der Waals surface area contributed by atoms with Gasteiger partial charge < -0.3 is 29.9 Å². The molecule has 3 atom stereocenters. The fraction of sp³-hybridized carbons (Fsp3) is 0.378. The first kappa shape index (κ1) is 34.6. The molecule has 5 aliphatic rings. The van der Waals surface area contributed by atoms with Crippen LogP contribution in [0.25, 0.3) is 0 Å². The number of hydrogen-bond acceptors (Lipinski definition) is 6. The van der Waals surface area contributed by atoms with E-state index in [1.165, 1.54) is 16.7 Å². The Morgan fingerprint density at radius 1 is 0.852 bits per heavy atom. The molecule has 1 aliphatic carbocycles. The number of nitrogens with one attached hydrogen (secondary N) is 1. The van der Waals surface area contributed by atoms with Crippen LogP contribution in [0.15, 0.2) is 97.2 Å². The maximum atomic E-state index is 13.8. The summed E-state index contributed by atoms with van der Waals surface area (Å²) in [5.41, 5.74) is 8.69. The molecule has 9 heteroatoms. The number of carbonyl (C=O) groups excluding carboxylic acids is 2. The van der Waals surface area contributed by atoms with Gasteiger partial charge in [-0.25, -0.2) is 4.39 Å². The number of unbranched alkanes of at least 4 members (excludes halogenated alkanes) is 1. The molecule has 8 nitrogen and oxygen atoms in total. The zero-order valence-corrected chi connectivity index (χ0v) is 30.6. The van der Waals surface area contributed by atoms with Crippen LogP contribution in [-0.4, -0.2) is 72.1 Å². The zero-order chi connectivity index (χ0) is 37.0. The number of benzene rings is 4. The van der Waals surface area contributed by atoms with E-state index in [1.54, 1.807) is 23.1 Å². The van der Waals surface area contributed by atoms with Gasteiger partial charge in [-0.2, -0.15) is 0 Å². The molecule has 3 saturated heterocycles. The maximum absolute atomic E-state index is 13.8. The Morgan fingerprint density at radius 3 is 2.41 bits per heavy atom. The predicted octanol–water partition coefficient (Wildman–Crippen LogP) is 7.12. The third kappa shape index (κ3) is 6.53. The van der Waals surface area contributed by atoms with E-state index in [1.807, 2.05) is 30.3 Å². The lowest BCUT2D eigenvalue weighted by molar-refractivity contribution is -0.126. The van der Waals surface area contributed by atoms with Crippen molar-refractivity contribution < 1.29 is 23.8 Å². The number of halogens is 1. The number of ether oxygens (including phenoxy) is 1. The van der Waals surface area contributed by atoms with E-state index in [2.05, 4.69) is 58.1 Å². The van der Waals surface area contributed by atoms with Crippen molar-refractivity contribution in [1.82, 2.24) is 15.1 Å². The van der Waals surface area contributed by atoms with Crippen molar-refractivity contribution in [3.63, 3.8) is 0 Å². The number of likely N-dealkylation sites (tertiary alicyclic amines) is 1. The highest BCUT2D eigenvalue weighted by atomic mass is 19.1. The van der Waals surface area contributed by atoms with Gasteiger partial charge in [0.2, 0.25) is 5.91 Å². The molecule has 0 radical (unpaired) electrons. The Balaban J connectivity index is 0.726. The lowest BCUT2D eigenvalue weighted by Crippen LogP contribution is -2.72. The summed E-state index contributed by atoms with van der Waals surface area (Å²) in [7, 11) is 0. The Labute approximate surface area is 316 Å². The largest absolute Gasteiger partial charge is 0.508 e. The average Bonchev–Trinajstić information content (AvgIpc) is 3.46. The number of phenolic OH excluding ortho intramolecular Hbond substituents is 1. The van der Waals surface area contributed by atoms with Crippen molar-refractivity contribution in [3.05, 3.63) is 136 Å². The molecule has 0 aromatic heterocycles. The van der Waals surface area contributed by atoms with Gasteiger partial charge in [-0.3, -0.25) is 9.59 Å². The molecular weight excluding hydrogens is 680 g/mol. The number of phenols is 1. The molecule has 4 aromatic carbocycles. The number of hydrogen-bond donors (Lipinski definition) is 2. The third-order valence-electron chi connectivity index (χ3n) is 12.4. The van der Waals surface area contributed by atoms with E-state index in [0.717, 1.165) is 86.7 Å². The number of piperidine rings is 1. The van der Waals surface area contributed by atoms with Crippen molar-refractivity contribution in [1.29, 1.82) is 0 Å². The summed E-state index contributed by atoms with van der Waals surface area (Å²) < 4.78 is 19.9. The molecule has 3 fully saturated rings. The molecule has 2 N–H and O–H groups in total. The number of rotatable bonds is 10. The molecule has 0 saturated carbocycles. The number of fused-ring (bicyclic) bond motifs is 2. The van der Waals surface area contributed by atoms with Crippen LogP contribution in [0.4, 0.5) is 10.1 Å². The molecular formula is C45H47FN4O4. The van der Waals surface area contributed by atoms with E-state index in [-0.39, 0.29) is 29.5 Å². The van der Waals surface area contributed by atoms with E-state index in [4.69, 9.17) is 4.74 Å². The second kappa shape index (κ2) is 13.9. The second-order valence-corrected chi connectivity index (χ2v) is 16.2. The predicted molar refractivity (Wildman–Crippen MR) is 206 cm³/mol. The second-order valence-electron chi connectivity index (χ2n) is 16.2. The topological polar surface area (TPSA) is 85.4 Å². The van der Waals surface area contributed by atoms with Gasteiger partial charge in [0.1, 0.15) is 23.4 Å². The van der Waals surface area contributed by atoms with Gasteiger partial charge in [0.05, 0.1) is 6.61 Å². The fourth-order valence-corrected chi connectivity index (χ4v) is 9.73. The van der Waals surface area contributed by atoms with Gasteiger partial charge in [0.25, 0.3) is 5.91 Å². The molecule has 4 heterocycles. The number of aryl methyl sites for hydroxylation is 1. The molecule has 1 spiro atoms. The van der Waals surface area contributed by atoms with E-state index in [9.17, 15) is 19.1 Å². The Bertz CT molecular complexity index is 2090. The summed E-state index contributed by atoms with van der Waals surface area (Å²) >= 11 is 0. The lowest BCUT2D eigenvalue weighted by Gasteiger charge is -2.61. The van der Waals surface area contributed by atoms with Gasteiger partial charge in [-0.1, -0.05) is 36.9 Å². The number of carbonyl (C=O) groups is 2. The first-order valence-corrected chi connectivity index (χ1v) is 19.4. The van der Waals surface area contributed by atoms with Crippen molar-refractivity contribution >= 4 is 17.5 Å². The number of allylic oxidation sites excluding steroid dienone is 1. The summed E-state index contributed by atoms with van der Waals surface area (Å²) in [5, 5.41) is 13.0. The van der Waals surface area contributed by atoms with Crippen molar-refractivity contribution in [2.45, 2.75) is 62.9 Å². The summed E-state index contributed by atoms with van der Waals surface area (Å²) in [4.78, 5) is 32.4. The van der Waals surface area contributed by atoms with Crippen LogP contribution in [0.1, 0.15) is 82.1 Å². The lowest BCUT2D eigenvalue weighted by atomic mass is 9.69. The average molecular weight is 727 g/mol. The molecule has 4 aliphatic heterocycles. The maximum Gasteiger partial charge on any atom is 0.255 e. The molecule has 1 unspecified atom stereocenters. The molecule has 9 rings (SSSR count). The van der Waals surface area contributed by atoms with Gasteiger partial charge in [-0.15, -0.1) is 0 Å². The third-order valence-corrected chi connectivity index (χ3v) is 12.4. The van der Waals surface area contributed by atoms with Crippen LogP contribution in [0.3, 0.4) is 0 Å². The number of amides is 2. The van der Waals surface area contributed by atoms with Crippen LogP contribution in [-0.2, 0) is 17.8 Å². The van der Waals surface area contributed by atoms with Gasteiger partial charge in [0.15, 0.2) is 0 Å². The number of nitrogens with zero attached hydrogens (tertiary/aromatic N) is 3. The summed E-state index contributed by atoms with van der Waals surface area (Å²) in [6.07, 6.45) is 5.21. The van der Waals surface area contributed by atoms with Crippen molar-refractivity contribution in [2.24, 2.45) is 5.41 Å². The molecule has 0 bridgehead atoms. The summed E-state index contributed by atoms with van der Waals surface area (Å²) in [5.74, 6) is 1.08.